The van der Waals surface area contributed by atoms with Crippen LogP contribution >= 0.6 is 0 Å². The van der Waals surface area contributed by atoms with E-state index in [0.717, 1.165) is 18.8 Å². The Balaban J connectivity index is 1.61. The lowest BCUT2D eigenvalue weighted by Gasteiger charge is -2.28. The Morgan fingerprint density at radius 3 is 2.30 bits per heavy atom. The lowest BCUT2D eigenvalue weighted by molar-refractivity contribution is -0.138. The largest absolute Gasteiger partial charge is 0.481 e. The molecular weight excluding hydrogens is 351 g/mol. The number of nitrogens with zero attached hydrogens (tertiary/aromatic N) is 1. The predicted molar refractivity (Wildman–Crippen MR) is 98.6 cm³/mol. The Hall–Kier alpha value is -2.93. The number of carbonyl (C=O) groups excluding carboxylic acids is 1. The van der Waals surface area contributed by atoms with E-state index in [2.05, 4.69) is 10.2 Å². The number of halogens is 1. The number of benzene rings is 2. The summed E-state index contributed by atoms with van der Waals surface area (Å²) in [5.41, 5.74) is 1.91. The summed E-state index contributed by atoms with van der Waals surface area (Å²) in [5.74, 6) is -2.81. The van der Waals surface area contributed by atoms with Crippen molar-refractivity contribution in [2.75, 3.05) is 37.7 Å². The number of rotatable bonds is 6. The third-order valence-electron chi connectivity index (χ3n) is 4.54. The van der Waals surface area contributed by atoms with E-state index in [0.29, 0.717) is 24.3 Å². The number of carboxylic acids is 1. The van der Waals surface area contributed by atoms with Crippen LogP contribution in [0.5, 0.6) is 0 Å². The second-order valence-electron chi connectivity index (χ2n) is 6.30. The van der Waals surface area contributed by atoms with Crippen LogP contribution in [0.4, 0.5) is 10.1 Å². The zero-order valence-electron chi connectivity index (χ0n) is 14.7. The van der Waals surface area contributed by atoms with E-state index in [1.54, 1.807) is 12.1 Å². The Kier molecular flexibility index (Phi) is 6.03. The number of hydrogen-bond acceptors (Lipinski definition) is 4. The maximum absolute atomic E-state index is 13.0. The zero-order valence-corrected chi connectivity index (χ0v) is 14.7. The molecule has 1 fully saturated rings. The van der Waals surface area contributed by atoms with Gasteiger partial charge in [0.1, 0.15) is 5.82 Å². The van der Waals surface area contributed by atoms with Crippen molar-refractivity contribution in [2.24, 2.45) is 0 Å². The first-order valence-electron chi connectivity index (χ1n) is 8.74. The van der Waals surface area contributed by atoms with Crippen LogP contribution < -0.4 is 10.2 Å². The number of ether oxygens (including phenoxy) is 1. The molecule has 1 aliphatic heterocycles. The molecule has 27 heavy (non-hydrogen) atoms. The SMILES string of the molecule is O=C(NCC(C(=O)O)c1ccc(F)cc1)c1ccc(N2CCOCC2)cc1. The molecule has 0 bridgehead atoms. The maximum atomic E-state index is 13.0. The van der Waals surface area contributed by atoms with Gasteiger partial charge in [0.2, 0.25) is 0 Å². The van der Waals surface area contributed by atoms with Crippen molar-refractivity contribution in [1.82, 2.24) is 5.32 Å². The van der Waals surface area contributed by atoms with Crippen LogP contribution in [-0.2, 0) is 9.53 Å². The van der Waals surface area contributed by atoms with Crippen molar-refractivity contribution in [3.8, 4) is 0 Å². The minimum absolute atomic E-state index is 0.0784. The molecule has 2 aromatic carbocycles. The zero-order chi connectivity index (χ0) is 19.2. The fourth-order valence-corrected chi connectivity index (χ4v) is 2.98. The van der Waals surface area contributed by atoms with Crippen molar-refractivity contribution in [3.63, 3.8) is 0 Å². The van der Waals surface area contributed by atoms with E-state index in [9.17, 15) is 19.1 Å². The number of hydrogen-bond donors (Lipinski definition) is 2. The maximum Gasteiger partial charge on any atom is 0.312 e. The van der Waals surface area contributed by atoms with Crippen LogP contribution in [0.2, 0.25) is 0 Å². The molecule has 2 N–H and O–H groups in total. The molecule has 1 amide bonds. The van der Waals surface area contributed by atoms with Gasteiger partial charge < -0.3 is 20.1 Å². The Morgan fingerprint density at radius 2 is 1.70 bits per heavy atom. The van der Waals surface area contributed by atoms with E-state index in [1.807, 2.05) is 12.1 Å². The Morgan fingerprint density at radius 1 is 1.07 bits per heavy atom. The number of aliphatic carboxylic acids is 1. The second kappa shape index (κ2) is 8.64. The third kappa shape index (κ3) is 4.83. The molecule has 0 aromatic heterocycles. The van der Waals surface area contributed by atoms with Gasteiger partial charge in [-0.3, -0.25) is 9.59 Å². The van der Waals surface area contributed by atoms with Crippen LogP contribution in [0.1, 0.15) is 21.8 Å². The monoisotopic (exact) mass is 372 g/mol. The van der Waals surface area contributed by atoms with Crippen LogP contribution in [0.25, 0.3) is 0 Å². The first kappa shape index (κ1) is 18.8. The van der Waals surface area contributed by atoms with Gasteiger partial charge in [-0.25, -0.2) is 4.39 Å². The lowest BCUT2D eigenvalue weighted by Crippen LogP contribution is -2.36. The van der Waals surface area contributed by atoms with Crippen molar-refractivity contribution in [3.05, 3.63) is 65.5 Å². The van der Waals surface area contributed by atoms with Gasteiger partial charge in [0.05, 0.1) is 19.1 Å². The summed E-state index contributed by atoms with van der Waals surface area (Å²) < 4.78 is 18.4. The fraction of sp³-hybridized carbons (Fsp3) is 0.300. The molecule has 6 nitrogen and oxygen atoms in total. The molecule has 7 heteroatoms. The minimum atomic E-state index is -1.08. The molecule has 0 spiro atoms. The van der Waals surface area contributed by atoms with Crippen molar-refractivity contribution in [2.45, 2.75) is 5.92 Å². The lowest BCUT2D eigenvalue weighted by atomic mass is 9.99. The summed E-state index contributed by atoms with van der Waals surface area (Å²) >= 11 is 0. The standard InChI is InChI=1S/C20H21FN2O4/c21-16-5-1-14(2-6-16)18(20(25)26)13-22-19(24)15-3-7-17(8-4-15)23-9-11-27-12-10-23/h1-8,18H,9-13H2,(H,22,24)(H,25,26). The van der Waals surface area contributed by atoms with Crippen LogP contribution in [-0.4, -0.2) is 49.8 Å². The smallest absolute Gasteiger partial charge is 0.312 e. The molecule has 1 heterocycles. The van der Waals surface area contributed by atoms with Crippen LogP contribution in [0.3, 0.4) is 0 Å². The second-order valence-corrected chi connectivity index (χ2v) is 6.30. The van der Waals surface area contributed by atoms with Gasteiger partial charge in [0, 0.05) is 30.9 Å². The Labute approximate surface area is 156 Å². The van der Waals surface area contributed by atoms with Gasteiger partial charge in [0.25, 0.3) is 5.91 Å². The molecular formula is C20H21FN2O4. The summed E-state index contributed by atoms with van der Waals surface area (Å²) in [4.78, 5) is 26.0. The van der Waals surface area contributed by atoms with E-state index in [-0.39, 0.29) is 12.5 Å². The number of anilines is 1. The first-order valence-corrected chi connectivity index (χ1v) is 8.74. The average molecular weight is 372 g/mol. The van der Waals surface area contributed by atoms with Crippen LogP contribution in [0, 0.1) is 5.82 Å². The number of morpholine rings is 1. The third-order valence-corrected chi connectivity index (χ3v) is 4.54. The highest BCUT2D eigenvalue weighted by molar-refractivity contribution is 5.95. The van der Waals surface area contributed by atoms with E-state index in [1.165, 1.54) is 24.3 Å². The van der Waals surface area contributed by atoms with Crippen molar-refractivity contribution < 1.29 is 23.8 Å². The van der Waals surface area contributed by atoms with Gasteiger partial charge in [-0.1, -0.05) is 12.1 Å². The summed E-state index contributed by atoms with van der Waals surface area (Å²) in [7, 11) is 0. The van der Waals surface area contributed by atoms with Gasteiger partial charge in [-0.2, -0.15) is 0 Å². The van der Waals surface area contributed by atoms with Gasteiger partial charge in [-0.15, -0.1) is 0 Å². The van der Waals surface area contributed by atoms with Gasteiger partial charge in [-0.05, 0) is 42.0 Å². The molecule has 1 unspecified atom stereocenters. The number of nitrogens with one attached hydrogen (secondary N) is 1. The predicted octanol–water partition coefficient (Wildman–Crippen LogP) is 2.26. The molecule has 1 atom stereocenters. The number of carboxylic acid groups (broad SMARTS) is 1. The first-order chi connectivity index (χ1) is 13.0. The number of amides is 1. The van der Waals surface area contributed by atoms with E-state index in [4.69, 9.17) is 4.74 Å². The summed E-state index contributed by atoms with van der Waals surface area (Å²) in [6, 6.07) is 12.4. The summed E-state index contributed by atoms with van der Waals surface area (Å²) in [5, 5.41) is 12.0. The molecule has 0 saturated carbocycles. The number of carbonyl (C=O) groups is 2. The minimum Gasteiger partial charge on any atom is -0.481 e. The quantitative estimate of drug-likeness (QED) is 0.813. The molecule has 2 aromatic rings. The van der Waals surface area contributed by atoms with Gasteiger partial charge >= 0.3 is 5.97 Å². The highest BCUT2D eigenvalue weighted by Gasteiger charge is 2.21. The van der Waals surface area contributed by atoms with Crippen LogP contribution in [0.15, 0.2) is 48.5 Å². The molecule has 1 aliphatic rings. The van der Waals surface area contributed by atoms with E-state index < -0.39 is 17.7 Å². The topological polar surface area (TPSA) is 78.9 Å². The van der Waals surface area contributed by atoms with Gasteiger partial charge in [0.15, 0.2) is 0 Å². The average Bonchev–Trinajstić information content (AvgIpc) is 2.70. The summed E-state index contributed by atoms with van der Waals surface area (Å²) in [6.07, 6.45) is 0. The molecule has 3 rings (SSSR count). The van der Waals surface area contributed by atoms with Crippen molar-refractivity contribution in [1.29, 1.82) is 0 Å². The van der Waals surface area contributed by atoms with E-state index >= 15 is 0 Å². The normalized spacial score (nSPS) is 15.2. The molecule has 142 valence electrons. The highest BCUT2D eigenvalue weighted by atomic mass is 19.1. The highest BCUT2D eigenvalue weighted by Crippen LogP contribution is 2.18. The molecule has 0 aliphatic carbocycles. The van der Waals surface area contributed by atoms with Crippen molar-refractivity contribution >= 4 is 17.6 Å². The molecule has 1 saturated heterocycles. The Bertz CT molecular complexity index is 787. The molecule has 0 radical (unpaired) electrons. The fourth-order valence-electron chi connectivity index (χ4n) is 2.98. The summed E-state index contributed by atoms with van der Waals surface area (Å²) in [6.45, 7) is 2.91.